The van der Waals surface area contributed by atoms with Gasteiger partial charge in [-0.3, -0.25) is 4.98 Å². The second kappa shape index (κ2) is 6.65. The normalized spacial score (nSPS) is 8.33. The lowest BCUT2D eigenvalue weighted by Crippen LogP contribution is -1.90. The summed E-state index contributed by atoms with van der Waals surface area (Å²) < 4.78 is 0. The van der Waals surface area contributed by atoms with Crippen molar-refractivity contribution in [3.05, 3.63) is 24.0 Å². The average Bonchev–Trinajstić information content (AvgIpc) is 2.21. The molecule has 0 aliphatic rings. The number of aromatic nitrogens is 1. The second-order valence-corrected chi connectivity index (χ2v) is 2.14. The minimum atomic E-state index is 1.00. The fourth-order valence-corrected chi connectivity index (χ4v) is 0.782. The number of anilines is 1. The Bertz CT molecular complexity index is 168. The van der Waals surface area contributed by atoms with E-state index in [4.69, 9.17) is 0 Å². The third-order valence-corrected chi connectivity index (χ3v) is 1.48. The first-order valence-electron chi connectivity index (χ1n) is 4.49. The van der Waals surface area contributed by atoms with E-state index in [9.17, 15) is 0 Å². The molecule has 0 bridgehead atoms. The number of hydrogen-bond acceptors (Lipinski definition) is 2. The van der Waals surface area contributed by atoms with Gasteiger partial charge in [0, 0.05) is 12.7 Å². The molecular weight excluding hydrogens is 148 g/mol. The van der Waals surface area contributed by atoms with Crippen molar-refractivity contribution < 1.29 is 0 Å². The molecule has 1 N–H and O–H groups in total. The van der Waals surface area contributed by atoms with Crippen molar-refractivity contribution in [1.82, 2.24) is 4.98 Å². The molecule has 0 spiro atoms. The number of hydrogen-bond donors (Lipinski definition) is 1. The largest absolute Gasteiger partial charge is 0.387 e. The molecule has 1 rings (SSSR count). The van der Waals surface area contributed by atoms with E-state index in [1.54, 1.807) is 0 Å². The minimum Gasteiger partial charge on any atom is -0.387 e. The summed E-state index contributed by atoms with van der Waals surface area (Å²) in [5, 5.41) is 3.02. The molecule has 2 nitrogen and oxygen atoms in total. The minimum absolute atomic E-state index is 1.00. The van der Waals surface area contributed by atoms with Gasteiger partial charge in [-0.2, -0.15) is 0 Å². The van der Waals surface area contributed by atoms with Crippen molar-refractivity contribution >= 4 is 5.69 Å². The molecule has 12 heavy (non-hydrogen) atoms. The fraction of sp³-hybridized carbons (Fsp3) is 0.500. The highest BCUT2D eigenvalue weighted by Crippen LogP contribution is 2.04. The molecule has 0 aliphatic heterocycles. The number of pyridine rings is 1. The van der Waals surface area contributed by atoms with Gasteiger partial charge in [0.1, 0.15) is 0 Å². The van der Waals surface area contributed by atoms with Crippen molar-refractivity contribution in [3.63, 3.8) is 0 Å². The Labute approximate surface area is 75.0 Å². The van der Waals surface area contributed by atoms with E-state index >= 15 is 0 Å². The average molecular weight is 166 g/mol. The summed E-state index contributed by atoms with van der Waals surface area (Å²) in [5.74, 6) is 0. The molecule has 0 amide bonds. The molecule has 0 saturated heterocycles. The van der Waals surface area contributed by atoms with Gasteiger partial charge in [0.2, 0.25) is 0 Å². The lowest BCUT2D eigenvalue weighted by Gasteiger charge is -1.98. The Morgan fingerprint density at radius 3 is 2.33 bits per heavy atom. The molecule has 0 atom stereocenters. The topological polar surface area (TPSA) is 24.9 Å². The summed E-state index contributed by atoms with van der Waals surface area (Å²) in [6.45, 7) is 6.10. The van der Waals surface area contributed by atoms with Crippen molar-refractivity contribution in [2.24, 2.45) is 0 Å². The maximum absolute atomic E-state index is 4.21. The van der Waals surface area contributed by atoms with E-state index in [1.165, 1.54) is 0 Å². The Balaban J connectivity index is 0.000000561. The third kappa shape index (κ3) is 3.37. The molecule has 2 heteroatoms. The zero-order chi connectivity index (χ0) is 9.40. The summed E-state index contributed by atoms with van der Waals surface area (Å²) in [4.78, 5) is 4.21. The van der Waals surface area contributed by atoms with Gasteiger partial charge in [0.25, 0.3) is 0 Å². The molecule has 1 aromatic heterocycles. The van der Waals surface area contributed by atoms with Crippen LogP contribution in [-0.4, -0.2) is 12.0 Å². The van der Waals surface area contributed by atoms with Crippen LogP contribution in [0, 0.1) is 0 Å². The Morgan fingerprint density at radius 1 is 1.33 bits per heavy atom. The van der Waals surface area contributed by atoms with Crippen LogP contribution in [0.25, 0.3) is 0 Å². The summed E-state index contributed by atoms with van der Waals surface area (Å²) in [7, 11) is 1.89. The summed E-state index contributed by atoms with van der Waals surface area (Å²) in [6, 6.07) is 4.07. The second-order valence-electron chi connectivity index (χ2n) is 2.14. The molecule has 0 radical (unpaired) electrons. The van der Waals surface area contributed by atoms with Crippen LogP contribution in [0.3, 0.4) is 0 Å². The zero-order valence-electron chi connectivity index (χ0n) is 8.39. The van der Waals surface area contributed by atoms with E-state index in [2.05, 4.69) is 17.2 Å². The smallest absolute Gasteiger partial charge is 0.0524 e. The number of nitrogens with zero attached hydrogens (tertiary/aromatic N) is 1. The Morgan fingerprint density at radius 2 is 2.00 bits per heavy atom. The van der Waals surface area contributed by atoms with Crippen molar-refractivity contribution in [2.45, 2.75) is 27.2 Å². The summed E-state index contributed by atoms with van der Waals surface area (Å²) in [5.41, 5.74) is 2.20. The highest BCUT2D eigenvalue weighted by molar-refractivity contribution is 5.39. The van der Waals surface area contributed by atoms with Crippen LogP contribution < -0.4 is 5.32 Å². The molecule has 0 aromatic carbocycles. The maximum atomic E-state index is 4.21. The highest BCUT2D eigenvalue weighted by Gasteiger charge is 1.89. The van der Waals surface area contributed by atoms with Crippen LogP contribution in [0.4, 0.5) is 5.69 Å². The number of rotatable bonds is 2. The van der Waals surface area contributed by atoms with Crippen LogP contribution in [0.5, 0.6) is 0 Å². The van der Waals surface area contributed by atoms with Gasteiger partial charge in [-0.15, -0.1) is 0 Å². The number of aryl methyl sites for hydroxylation is 1. The van der Waals surface area contributed by atoms with Gasteiger partial charge in [0.05, 0.1) is 11.9 Å². The van der Waals surface area contributed by atoms with E-state index in [0.717, 1.165) is 17.8 Å². The summed E-state index contributed by atoms with van der Waals surface area (Å²) >= 11 is 0. The van der Waals surface area contributed by atoms with E-state index < -0.39 is 0 Å². The van der Waals surface area contributed by atoms with Gasteiger partial charge < -0.3 is 5.32 Å². The van der Waals surface area contributed by atoms with Crippen molar-refractivity contribution in [3.8, 4) is 0 Å². The first-order valence-corrected chi connectivity index (χ1v) is 4.49. The quantitative estimate of drug-likeness (QED) is 0.730. The molecule has 0 aliphatic carbocycles. The lowest BCUT2D eigenvalue weighted by atomic mass is 10.3. The first-order chi connectivity index (χ1) is 5.86. The molecule has 1 heterocycles. The highest BCUT2D eigenvalue weighted by atomic mass is 14.8. The molecule has 0 fully saturated rings. The Hall–Kier alpha value is -1.05. The molecule has 0 saturated carbocycles. The van der Waals surface area contributed by atoms with Gasteiger partial charge >= 0.3 is 0 Å². The van der Waals surface area contributed by atoms with E-state index in [0.29, 0.717) is 0 Å². The molecule has 1 aromatic rings. The van der Waals surface area contributed by atoms with Gasteiger partial charge in [0.15, 0.2) is 0 Å². The van der Waals surface area contributed by atoms with Crippen LogP contribution >= 0.6 is 0 Å². The SMILES string of the molecule is CC.CCc1ccc(NC)cn1. The van der Waals surface area contributed by atoms with E-state index in [1.807, 2.05) is 39.2 Å². The molecular formula is C10H18N2. The molecule has 0 unspecified atom stereocenters. The number of nitrogens with one attached hydrogen (secondary N) is 1. The van der Waals surface area contributed by atoms with E-state index in [-0.39, 0.29) is 0 Å². The third-order valence-electron chi connectivity index (χ3n) is 1.48. The monoisotopic (exact) mass is 166 g/mol. The lowest BCUT2D eigenvalue weighted by molar-refractivity contribution is 1.04. The summed E-state index contributed by atoms with van der Waals surface area (Å²) in [6.07, 6.45) is 2.85. The molecule has 68 valence electrons. The zero-order valence-corrected chi connectivity index (χ0v) is 8.39. The standard InChI is InChI=1S/C8H12N2.C2H6/c1-3-7-4-5-8(9-2)6-10-7;1-2/h4-6,9H,3H2,1-2H3;1-2H3. The predicted octanol–water partition coefficient (Wildman–Crippen LogP) is 2.71. The fourth-order valence-electron chi connectivity index (χ4n) is 0.782. The van der Waals surface area contributed by atoms with Crippen molar-refractivity contribution in [2.75, 3.05) is 12.4 Å². The van der Waals surface area contributed by atoms with Crippen LogP contribution in [0.2, 0.25) is 0 Å². The first kappa shape index (κ1) is 11.0. The van der Waals surface area contributed by atoms with Crippen molar-refractivity contribution in [1.29, 1.82) is 0 Å². The predicted molar refractivity (Wildman–Crippen MR) is 54.5 cm³/mol. The van der Waals surface area contributed by atoms with Crippen LogP contribution in [0.1, 0.15) is 26.5 Å². The van der Waals surface area contributed by atoms with Crippen LogP contribution in [0.15, 0.2) is 18.3 Å². The van der Waals surface area contributed by atoms with Gasteiger partial charge in [-0.25, -0.2) is 0 Å². The van der Waals surface area contributed by atoms with Gasteiger partial charge in [-0.05, 0) is 18.6 Å². The maximum Gasteiger partial charge on any atom is 0.0524 e. The van der Waals surface area contributed by atoms with Crippen LogP contribution in [-0.2, 0) is 6.42 Å². The van der Waals surface area contributed by atoms with Gasteiger partial charge in [-0.1, -0.05) is 20.8 Å². The Kier molecular flexibility index (Phi) is 6.07.